The van der Waals surface area contributed by atoms with Crippen LogP contribution in [0.1, 0.15) is 11.1 Å². The molecule has 2 amide bonds. The number of halogens is 3. The van der Waals surface area contributed by atoms with Gasteiger partial charge in [-0.1, -0.05) is 12.1 Å². The molecule has 0 aliphatic rings. The van der Waals surface area contributed by atoms with Crippen molar-refractivity contribution in [1.82, 2.24) is 10.2 Å². The lowest BCUT2D eigenvalue weighted by Gasteiger charge is -2.18. The number of nitrogens with one attached hydrogen (secondary N) is 1. The molecule has 1 aromatic rings. The standard InChI is InChI=1S/C12H12F3N3O/c1-18(11(19)17-8-12(13,14)15)7-10-4-2-3-9(5-10)6-16/h2-5H,7-8H2,1H3,(H,17,19). The molecule has 0 aliphatic heterocycles. The zero-order valence-corrected chi connectivity index (χ0v) is 10.2. The molecule has 0 atom stereocenters. The summed E-state index contributed by atoms with van der Waals surface area (Å²) in [4.78, 5) is 12.5. The molecule has 0 heterocycles. The quantitative estimate of drug-likeness (QED) is 0.916. The summed E-state index contributed by atoms with van der Waals surface area (Å²) in [6, 6.07) is 7.65. The summed E-state index contributed by atoms with van der Waals surface area (Å²) in [5, 5.41) is 10.5. The Bertz CT molecular complexity index is 494. The Balaban J connectivity index is 2.56. The smallest absolute Gasteiger partial charge is 0.329 e. The summed E-state index contributed by atoms with van der Waals surface area (Å²) < 4.78 is 35.8. The number of nitriles is 1. The number of carbonyl (C=O) groups is 1. The average molecular weight is 271 g/mol. The van der Waals surface area contributed by atoms with Crippen LogP contribution in [-0.2, 0) is 6.54 Å². The zero-order chi connectivity index (χ0) is 14.5. The highest BCUT2D eigenvalue weighted by Crippen LogP contribution is 2.12. The molecule has 1 aromatic carbocycles. The van der Waals surface area contributed by atoms with E-state index in [2.05, 4.69) is 0 Å². The fraction of sp³-hybridized carbons (Fsp3) is 0.333. The van der Waals surface area contributed by atoms with Crippen LogP contribution in [0.3, 0.4) is 0 Å². The third kappa shape index (κ3) is 5.29. The van der Waals surface area contributed by atoms with E-state index < -0.39 is 18.8 Å². The van der Waals surface area contributed by atoms with Crippen LogP contribution in [0.5, 0.6) is 0 Å². The van der Waals surface area contributed by atoms with E-state index in [0.29, 0.717) is 11.1 Å². The lowest BCUT2D eigenvalue weighted by atomic mass is 10.1. The van der Waals surface area contributed by atoms with Crippen molar-refractivity contribution < 1.29 is 18.0 Å². The molecule has 0 fully saturated rings. The summed E-state index contributed by atoms with van der Waals surface area (Å²) in [5.41, 5.74) is 1.10. The molecule has 102 valence electrons. The maximum absolute atomic E-state index is 11.9. The van der Waals surface area contributed by atoms with Crippen LogP contribution in [0.4, 0.5) is 18.0 Å². The van der Waals surface area contributed by atoms with Crippen molar-refractivity contribution in [2.45, 2.75) is 12.7 Å². The predicted molar refractivity (Wildman–Crippen MR) is 62.1 cm³/mol. The average Bonchev–Trinajstić information content (AvgIpc) is 2.35. The van der Waals surface area contributed by atoms with Crippen LogP contribution in [0, 0.1) is 11.3 Å². The summed E-state index contributed by atoms with van der Waals surface area (Å²) in [6.07, 6.45) is -4.43. The van der Waals surface area contributed by atoms with Crippen molar-refractivity contribution >= 4 is 6.03 Å². The number of amides is 2. The Labute approximate surface area is 108 Å². The van der Waals surface area contributed by atoms with E-state index in [1.54, 1.807) is 29.6 Å². The fourth-order valence-corrected chi connectivity index (χ4v) is 1.40. The highest BCUT2D eigenvalue weighted by molar-refractivity contribution is 5.73. The number of carbonyl (C=O) groups excluding carboxylic acids is 1. The number of rotatable bonds is 3. The maximum atomic E-state index is 11.9. The van der Waals surface area contributed by atoms with Crippen molar-refractivity contribution in [1.29, 1.82) is 5.26 Å². The van der Waals surface area contributed by atoms with Crippen LogP contribution in [0.15, 0.2) is 24.3 Å². The molecule has 0 aliphatic carbocycles. The second-order valence-electron chi connectivity index (χ2n) is 3.94. The Kier molecular flexibility index (Phi) is 4.75. The molecule has 1 rings (SSSR count). The van der Waals surface area contributed by atoms with Gasteiger partial charge in [-0.3, -0.25) is 0 Å². The molecular formula is C12H12F3N3O. The van der Waals surface area contributed by atoms with Crippen molar-refractivity contribution in [3.63, 3.8) is 0 Å². The van der Waals surface area contributed by atoms with Gasteiger partial charge in [0.15, 0.2) is 0 Å². The first-order valence-electron chi connectivity index (χ1n) is 5.36. The number of benzene rings is 1. The highest BCUT2D eigenvalue weighted by atomic mass is 19.4. The number of hydrogen-bond donors (Lipinski definition) is 1. The summed E-state index contributed by atoms with van der Waals surface area (Å²) >= 11 is 0. The summed E-state index contributed by atoms with van der Waals surface area (Å²) in [5.74, 6) is 0. The Hall–Kier alpha value is -2.23. The normalized spacial score (nSPS) is 10.7. The van der Waals surface area contributed by atoms with Gasteiger partial charge < -0.3 is 10.2 Å². The first kappa shape index (κ1) is 14.8. The lowest BCUT2D eigenvalue weighted by molar-refractivity contribution is -0.123. The number of hydrogen-bond acceptors (Lipinski definition) is 2. The Morgan fingerprint density at radius 2 is 2.16 bits per heavy atom. The maximum Gasteiger partial charge on any atom is 0.405 e. The van der Waals surface area contributed by atoms with E-state index >= 15 is 0 Å². The van der Waals surface area contributed by atoms with E-state index in [0.717, 1.165) is 4.90 Å². The predicted octanol–water partition coefficient (Wildman–Crippen LogP) is 2.26. The van der Waals surface area contributed by atoms with Gasteiger partial charge >= 0.3 is 12.2 Å². The molecule has 7 heteroatoms. The molecule has 0 bridgehead atoms. The molecule has 4 nitrogen and oxygen atoms in total. The molecular weight excluding hydrogens is 259 g/mol. The van der Waals surface area contributed by atoms with Gasteiger partial charge in [-0.2, -0.15) is 18.4 Å². The van der Waals surface area contributed by atoms with Crippen LogP contribution < -0.4 is 5.32 Å². The van der Waals surface area contributed by atoms with Gasteiger partial charge in [0.05, 0.1) is 11.6 Å². The molecule has 19 heavy (non-hydrogen) atoms. The minimum absolute atomic E-state index is 0.124. The van der Waals surface area contributed by atoms with E-state index in [1.165, 1.54) is 7.05 Å². The SMILES string of the molecule is CN(Cc1cccc(C#N)c1)C(=O)NCC(F)(F)F. The molecule has 0 saturated heterocycles. The van der Waals surface area contributed by atoms with Crippen molar-refractivity contribution in [3.05, 3.63) is 35.4 Å². The number of urea groups is 1. The molecule has 0 aromatic heterocycles. The summed E-state index contributed by atoms with van der Waals surface area (Å²) in [7, 11) is 1.38. The van der Waals surface area contributed by atoms with Crippen molar-refractivity contribution in [3.8, 4) is 6.07 Å². The van der Waals surface area contributed by atoms with Crippen LogP contribution in [-0.4, -0.2) is 30.7 Å². The van der Waals surface area contributed by atoms with Crippen LogP contribution >= 0.6 is 0 Å². The van der Waals surface area contributed by atoms with E-state index in [9.17, 15) is 18.0 Å². The molecule has 0 unspecified atom stereocenters. The third-order valence-electron chi connectivity index (χ3n) is 2.26. The van der Waals surface area contributed by atoms with Gasteiger partial charge in [-0.05, 0) is 17.7 Å². The Morgan fingerprint density at radius 1 is 1.47 bits per heavy atom. The van der Waals surface area contributed by atoms with Gasteiger partial charge in [-0.15, -0.1) is 0 Å². The number of nitrogens with zero attached hydrogens (tertiary/aromatic N) is 2. The molecule has 0 saturated carbocycles. The van der Waals surface area contributed by atoms with Gasteiger partial charge in [0.1, 0.15) is 6.54 Å². The lowest BCUT2D eigenvalue weighted by Crippen LogP contribution is -2.41. The monoisotopic (exact) mass is 271 g/mol. The molecule has 0 spiro atoms. The van der Waals surface area contributed by atoms with E-state index in [-0.39, 0.29) is 6.54 Å². The minimum atomic E-state index is -4.43. The second-order valence-corrected chi connectivity index (χ2v) is 3.94. The first-order chi connectivity index (χ1) is 8.81. The van der Waals surface area contributed by atoms with Gasteiger partial charge in [-0.25, -0.2) is 4.79 Å². The third-order valence-corrected chi connectivity index (χ3v) is 2.26. The van der Waals surface area contributed by atoms with Crippen molar-refractivity contribution in [2.24, 2.45) is 0 Å². The van der Waals surface area contributed by atoms with E-state index in [1.807, 2.05) is 6.07 Å². The molecule has 1 N–H and O–H groups in total. The zero-order valence-electron chi connectivity index (χ0n) is 10.2. The van der Waals surface area contributed by atoms with Gasteiger partial charge in [0.2, 0.25) is 0 Å². The topological polar surface area (TPSA) is 56.1 Å². The van der Waals surface area contributed by atoms with E-state index in [4.69, 9.17) is 5.26 Å². The largest absolute Gasteiger partial charge is 0.405 e. The van der Waals surface area contributed by atoms with Crippen molar-refractivity contribution in [2.75, 3.05) is 13.6 Å². The number of alkyl halides is 3. The fourth-order valence-electron chi connectivity index (χ4n) is 1.40. The van der Waals surface area contributed by atoms with Crippen LogP contribution in [0.2, 0.25) is 0 Å². The summed E-state index contributed by atoms with van der Waals surface area (Å²) in [6.45, 7) is -1.24. The van der Waals surface area contributed by atoms with Gasteiger partial charge in [0, 0.05) is 13.6 Å². The van der Waals surface area contributed by atoms with Crippen LogP contribution in [0.25, 0.3) is 0 Å². The Morgan fingerprint density at radius 3 is 2.74 bits per heavy atom. The minimum Gasteiger partial charge on any atom is -0.329 e. The highest BCUT2D eigenvalue weighted by Gasteiger charge is 2.28. The molecule has 0 radical (unpaired) electrons. The first-order valence-corrected chi connectivity index (χ1v) is 5.36. The van der Waals surface area contributed by atoms with Gasteiger partial charge in [0.25, 0.3) is 0 Å². The second kappa shape index (κ2) is 6.09.